The average Bonchev–Trinajstić information content (AvgIpc) is 2.96. The number of pyridine rings is 1. The number of amides is 1. The van der Waals surface area contributed by atoms with E-state index in [2.05, 4.69) is 20.3 Å². The van der Waals surface area contributed by atoms with Crippen molar-refractivity contribution in [3.8, 4) is 11.1 Å². The maximum atomic E-state index is 12.0. The minimum Gasteiger partial charge on any atom is -0.338 e. The average molecular weight is 278 g/mol. The zero-order valence-corrected chi connectivity index (χ0v) is 11.5. The summed E-state index contributed by atoms with van der Waals surface area (Å²) in [4.78, 5) is 23.0. The summed E-state index contributed by atoms with van der Waals surface area (Å²) in [6, 6.07) is 11.5. The number of carbonyl (C=O) groups excluding carboxylic acids is 1. The number of aromatic nitrogens is 3. The number of rotatable bonds is 3. The van der Waals surface area contributed by atoms with Gasteiger partial charge in [-0.25, -0.2) is 4.98 Å². The predicted octanol–water partition coefficient (Wildman–Crippen LogP) is 3.03. The molecule has 21 heavy (non-hydrogen) atoms. The fourth-order valence-electron chi connectivity index (χ4n) is 2.01. The lowest BCUT2D eigenvalue weighted by molar-refractivity contribution is 0.102. The lowest BCUT2D eigenvalue weighted by Crippen LogP contribution is -2.12. The number of anilines is 1. The van der Waals surface area contributed by atoms with E-state index in [1.165, 1.54) is 6.20 Å². The van der Waals surface area contributed by atoms with E-state index in [1.807, 2.05) is 36.4 Å². The molecule has 3 rings (SSSR count). The first-order valence-electron chi connectivity index (χ1n) is 6.56. The Kier molecular flexibility index (Phi) is 3.47. The number of nitrogens with zero attached hydrogens (tertiary/aromatic N) is 2. The van der Waals surface area contributed by atoms with Gasteiger partial charge < -0.3 is 10.3 Å². The summed E-state index contributed by atoms with van der Waals surface area (Å²) in [5.41, 5.74) is 3.28. The van der Waals surface area contributed by atoms with Crippen molar-refractivity contribution in [1.82, 2.24) is 15.0 Å². The molecule has 0 spiro atoms. The van der Waals surface area contributed by atoms with E-state index in [-0.39, 0.29) is 5.91 Å². The van der Waals surface area contributed by atoms with Gasteiger partial charge in [0.15, 0.2) is 0 Å². The molecule has 2 heterocycles. The molecule has 0 saturated carbocycles. The molecular weight excluding hydrogens is 264 g/mol. The Morgan fingerprint density at radius 3 is 2.52 bits per heavy atom. The number of carbonyl (C=O) groups is 1. The number of hydrogen-bond acceptors (Lipinski definition) is 3. The number of aryl methyl sites for hydroxylation is 1. The third-order valence-electron chi connectivity index (χ3n) is 3.09. The van der Waals surface area contributed by atoms with E-state index in [0.717, 1.165) is 16.8 Å². The molecule has 104 valence electrons. The molecule has 2 N–H and O–H groups in total. The fourth-order valence-corrected chi connectivity index (χ4v) is 2.01. The lowest BCUT2D eigenvalue weighted by Gasteiger charge is -2.05. The molecule has 3 aromatic rings. The number of benzene rings is 1. The summed E-state index contributed by atoms with van der Waals surface area (Å²) >= 11 is 0. The topological polar surface area (TPSA) is 70.7 Å². The maximum absolute atomic E-state index is 12.0. The smallest absolute Gasteiger partial charge is 0.273 e. The second-order valence-corrected chi connectivity index (χ2v) is 4.66. The van der Waals surface area contributed by atoms with Crippen LogP contribution in [0.4, 0.5) is 5.69 Å². The first-order chi connectivity index (χ1) is 10.2. The van der Waals surface area contributed by atoms with E-state index >= 15 is 0 Å². The highest BCUT2D eigenvalue weighted by Gasteiger charge is 2.08. The van der Waals surface area contributed by atoms with Crippen LogP contribution in [0.1, 0.15) is 16.3 Å². The highest BCUT2D eigenvalue weighted by atomic mass is 16.1. The molecule has 0 radical (unpaired) electrons. The normalized spacial score (nSPS) is 10.3. The monoisotopic (exact) mass is 278 g/mol. The Labute approximate surface area is 122 Å². The third-order valence-corrected chi connectivity index (χ3v) is 3.09. The Morgan fingerprint density at radius 1 is 1.10 bits per heavy atom. The molecule has 0 unspecified atom stereocenters. The van der Waals surface area contributed by atoms with Crippen LogP contribution in [-0.4, -0.2) is 20.9 Å². The Hall–Kier alpha value is -2.95. The van der Waals surface area contributed by atoms with Gasteiger partial charge in [-0.15, -0.1) is 0 Å². The van der Waals surface area contributed by atoms with Crippen LogP contribution >= 0.6 is 0 Å². The zero-order valence-electron chi connectivity index (χ0n) is 11.5. The van der Waals surface area contributed by atoms with E-state index in [9.17, 15) is 4.79 Å². The van der Waals surface area contributed by atoms with Gasteiger partial charge in [0.05, 0.1) is 6.20 Å². The van der Waals surface area contributed by atoms with Crippen molar-refractivity contribution in [1.29, 1.82) is 0 Å². The van der Waals surface area contributed by atoms with Crippen molar-refractivity contribution >= 4 is 11.6 Å². The van der Waals surface area contributed by atoms with Gasteiger partial charge in [0.25, 0.3) is 5.91 Å². The highest BCUT2D eigenvalue weighted by Crippen LogP contribution is 2.20. The summed E-state index contributed by atoms with van der Waals surface area (Å²) in [7, 11) is 0. The van der Waals surface area contributed by atoms with Crippen LogP contribution in [0.15, 0.2) is 55.0 Å². The summed E-state index contributed by atoms with van der Waals surface area (Å²) in [6.45, 7) is 1.81. The van der Waals surface area contributed by atoms with Crippen LogP contribution < -0.4 is 5.32 Å². The van der Waals surface area contributed by atoms with Crippen molar-refractivity contribution < 1.29 is 4.79 Å². The van der Waals surface area contributed by atoms with Crippen LogP contribution in [0.3, 0.4) is 0 Å². The molecule has 0 saturated heterocycles. The third kappa shape index (κ3) is 2.97. The molecule has 0 aliphatic heterocycles. The molecule has 1 amide bonds. The highest BCUT2D eigenvalue weighted by molar-refractivity contribution is 6.02. The van der Waals surface area contributed by atoms with E-state index < -0.39 is 0 Å². The number of hydrogen-bond donors (Lipinski definition) is 2. The SMILES string of the molecule is Cc1ncc(C(=O)Nc2ccc(-c3cccnc3)cc2)[nH]1. The Morgan fingerprint density at radius 2 is 1.90 bits per heavy atom. The summed E-state index contributed by atoms with van der Waals surface area (Å²) < 4.78 is 0. The van der Waals surface area contributed by atoms with Crippen LogP contribution in [0.25, 0.3) is 11.1 Å². The van der Waals surface area contributed by atoms with Crippen molar-refractivity contribution in [2.75, 3.05) is 5.32 Å². The maximum Gasteiger partial charge on any atom is 0.273 e. The first kappa shape index (κ1) is 13.1. The first-order valence-corrected chi connectivity index (χ1v) is 6.56. The summed E-state index contributed by atoms with van der Waals surface area (Å²) in [5.74, 6) is 0.511. The largest absolute Gasteiger partial charge is 0.338 e. The van der Waals surface area contributed by atoms with Crippen molar-refractivity contribution in [3.05, 3.63) is 66.5 Å². The molecule has 0 bridgehead atoms. The number of aromatic amines is 1. The van der Waals surface area contributed by atoms with Crippen molar-refractivity contribution in [3.63, 3.8) is 0 Å². The van der Waals surface area contributed by atoms with Crippen LogP contribution in [0.5, 0.6) is 0 Å². The minimum absolute atomic E-state index is 0.204. The van der Waals surface area contributed by atoms with Gasteiger partial charge in [-0.1, -0.05) is 18.2 Å². The van der Waals surface area contributed by atoms with E-state index in [0.29, 0.717) is 11.5 Å². The number of nitrogens with one attached hydrogen (secondary N) is 2. The molecule has 1 aromatic carbocycles. The fraction of sp³-hybridized carbons (Fsp3) is 0.0625. The number of imidazole rings is 1. The second kappa shape index (κ2) is 5.58. The van der Waals surface area contributed by atoms with Gasteiger partial charge in [0, 0.05) is 18.1 Å². The zero-order chi connectivity index (χ0) is 14.7. The van der Waals surface area contributed by atoms with Crippen LogP contribution in [0, 0.1) is 6.92 Å². The second-order valence-electron chi connectivity index (χ2n) is 4.66. The van der Waals surface area contributed by atoms with Crippen LogP contribution in [-0.2, 0) is 0 Å². The minimum atomic E-state index is -0.204. The molecule has 5 nitrogen and oxygen atoms in total. The predicted molar refractivity (Wildman–Crippen MR) is 81.0 cm³/mol. The quantitative estimate of drug-likeness (QED) is 0.773. The number of H-pyrrole nitrogens is 1. The molecule has 0 aliphatic rings. The van der Waals surface area contributed by atoms with Gasteiger partial charge in [-0.05, 0) is 36.2 Å². The van der Waals surface area contributed by atoms with Crippen molar-refractivity contribution in [2.24, 2.45) is 0 Å². The Balaban J connectivity index is 1.74. The molecule has 2 aromatic heterocycles. The van der Waals surface area contributed by atoms with E-state index in [4.69, 9.17) is 0 Å². The van der Waals surface area contributed by atoms with Gasteiger partial charge in [-0.3, -0.25) is 9.78 Å². The lowest BCUT2D eigenvalue weighted by atomic mass is 10.1. The van der Waals surface area contributed by atoms with E-state index in [1.54, 1.807) is 19.3 Å². The van der Waals surface area contributed by atoms with Gasteiger partial charge >= 0.3 is 0 Å². The van der Waals surface area contributed by atoms with Gasteiger partial charge in [0.2, 0.25) is 0 Å². The molecule has 0 atom stereocenters. The standard InChI is InChI=1S/C16H14N4O/c1-11-18-10-15(19-11)16(21)20-14-6-4-12(5-7-14)13-3-2-8-17-9-13/h2-10H,1H3,(H,18,19)(H,20,21). The van der Waals surface area contributed by atoms with Crippen LogP contribution in [0.2, 0.25) is 0 Å². The summed E-state index contributed by atoms with van der Waals surface area (Å²) in [6.07, 6.45) is 5.07. The molecule has 5 heteroatoms. The molecular formula is C16H14N4O. The summed E-state index contributed by atoms with van der Waals surface area (Å²) in [5, 5.41) is 2.82. The van der Waals surface area contributed by atoms with Gasteiger partial charge in [0.1, 0.15) is 11.5 Å². The van der Waals surface area contributed by atoms with Gasteiger partial charge in [-0.2, -0.15) is 0 Å². The Bertz CT molecular complexity index is 747. The van der Waals surface area contributed by atoms with Crippen molar-refractivity contribution in [2.45, 2.75) is 6.92 Å². The molecule has 0 aliphatic carbocycles. The molecule has 0 fully saturated rings.